The number of pyridine rings is 1. The van der Waals surface area contributed by atoms with E-state index in [2.05, 4.69) is 96.7 Å². The molecule has 1 aromatic heterocycles. The fourth-order valence-corrected chi connectivity index (χ4v) is 6.99. The van der Waals surface area contributed by atoms with Crippen LogP contribution in [0.1, 0.15) is 88.1 Å². The molecule has 5 nitrogen and oxygen atoms in total. The maximum absolute atomic E-state index is 10.8. The lowest BCUT2D eigenvalue weighted by atomic mass is 9.82. The number of anilines is 1. The zero-order valence-corrected chi connectivity index (χ0v) is 27.0. The molecule has 1 aliphatic carbocycles. The number of hydrogen-bond donors (Lipinski definition) is 1. The predicted octanol–water partition coefficient (Wildman–Crippen LogP) is 9.56. The van der Waals surface area contributed by atoms with Crippen LogP contribution >= 0.6 is 0 Å². The van der Waals surface area contributed by atoms with Crippen LogP contribution < -0.4 is 9.64 Å². The second-order valence-electron chi connectivity index (χ2n) is 14.6. The molecule has 0 unspecified atom stereocenters. The van der Waals surface area contributed by atoms with Crippen LogP contribution in [0.25, 0.3) is 10.9 Å². The molecular formula is C38H45N3O2. The molecule has 43 heavy (non-hydrogen) atoms. The van der Waals surface area contributed by atoms with E-state index in [1.165, 1.54) is 29.7 Å². The number of aromatic nitrogens is 1. The fraction of sp³-hybridized carbons (Fsp3) is 0.421. The molecule has 1 fully saturated rings. The monoisotopic (exact) mass is 575 g/mol. The van der Waals surface area contributed by atoms with Gasteiger partial charge in [0.1, 0.15) is 22.9 Å². The van der Waals surface area contributed by atoms with Crippen LogP contribution in [0.4, 0.5) is 5.69 Å². The molecule has 2 aliphatic rings. The van der Waals surface area contributed by atoms with E-state index < -0.39 is 0 Å². The lowest BCUT2D eigenvalue weighted by molar-refractivity contribution is 0.298. The summed E-state index contributed by atoms with van der Waals surface area (Å²) in [6.45, 7) is 17.8. The molecule has 1 saturated carbocycles. The molecule has 0 radical (unpaired) electrons. The maximum Gasteiger partial charge on any atom is 0.219 e. The first-order valence-corrected chi connectivity index (χ1v) is 15.7. The van der Waals surface area contributed by atoms with Gasteiger partial charge in [0.2, 0.25) is 5.88 Å². The first-order chi connectivity index (χ1) is 20.3. The number of benzene rings is 3. The number of phenolic OH excluding ortho intramolecular Hbond substituents is 1. The fourth-order valence-electron chi connectivity index (χ4n) is 6.99. The first-order valence-electron chi connectivity index (χ1n) is 15.7. The SMILES string of the molecule is Cc1cc(Oc2ccc3cc(C(C)(C)C)cc(O)c3n2)cc(C2=N[C@H]3CCCC(C)(C)C[C@@H]3N2c2c(C)cccc2C)c1. The minimum atomic E-state index is -0.0706. The summed E-state index contributed by atoms with van der Waals surface area (Å²) in [6.07, 6.45) is 4.65. The van der Waals surface area contributed by atoms with E-state index in [1.807, 2.05) is 24.3 Å². The highest BCUT2D eigenvalue weighted by molar-refractivity contribution is 6.13. The number of phenols is 1. The number of aryl methyl sites for hydroxylation is 3. The Morgan fingerprint density at radius 3 is 2.42 bits per heavy atom. The maximum atomic E-state index is 10.8. The van der Waals surface area contributed by atoms with Crippen LogP contribution in [0.15, 0.2) is 65.7 Å². The van der Waals surface area contributed by atoms with Crippen LogP contribution in [0.5, 0.6) is 17.4 Å². The van der Waals surface area contributed by atoms with Gasteiger partial charge in [-0.3, -0.25) is 4.99 Å². The zero-order valence-electron chi connectivity index (χ0n) is 27.0. The lowest BCUT2D eigenvalue weighted by Gasteiger charge is -2.36. The van der Waals surface area contributed by atoms with Crippen LogP contribution in [0.2, 0.25) is 0 Å². The van der Waals surface area contributed by atoms with Crippen molar-refractivity contribution in [3.63, 3.8) is 0 Å². The molecule has 1 N–H and O–H groups in total. The number of nitrogens with zero attached hydrogens (tertiary/aromatic N) is 3. The van der Waals surface area contributed by atoms with Crippen molar-refractivity contribution in [3.8, 4) is 17.4 Å². The Morgan fingerprint density at radius 2 is 1.70 bits per heavy atom. The number of hydrogen-bond acceptors (Lipinski definition) is 5. The number of rotatable bonds is 4. The van der Waals surface area contributed by atoms with E-state index in [0.717, 1.165) is 40.8 Å². The van der Waals surface area contributed by atoms with Crippen molar-refractivity contribution in [2.45, 2.75) is 98.6 Å². The molecule has 1 aliphatic heterocycles. The average molecular weight is 576 g/mol. The summed E-state index contributed by atoms with van der Waals surface area (Å²) in [6, 6.07) is 21.3. The quantitative estimate of drug-likeness (QED) is 0.263. The van der Waals surface area contributed by atoms with Crippen molar-refractivity contribution in [2.24, 2.45) is 10.4 Å². The molecule has 4 aromatic rings. The average Bonchev–Trinajstić information content (AvgIpc) is 3.16. The predicted molar refractivity (Wildman–Crippen MR) is 178 cm³/mol. The number of amidine groups is 1. The summed E-state index contributed by atoms with van der Waals surface area (Å²) in [7, 11) is 0. The first kappa shape index (κ1) is 29.2. The Morgan fingerprint density at radius 1 is 0.953 bits per heavy atom. The van der Waals surface area contributed by atoms with Gasteiger partial charge in [-0.25, -0.2) is 4.98 Å². The Labute approximate surface area is 256 Å². The van der Waals surface area contributed by atoms with Crippen LogP contribution in [0.3, 0.4) is 0 Å². The second kappa shape index (κ2) is 10.7. The second-order valence-corrected chi connectivity index (χ2v) is 14.6. The van der Waals surface area contributed by atoms with Crippen molar-refractivity contribution in [2.75, 3.05) is 4.90 Å². The van der Waals surface area contributed by atoms with E-state index in [9.17, 15) is 5.11 Å². The number of fused-ring (bicyclic) bond motifs is 2. The largest absolute Gasteiger partial charge is 0.506 e. The van der Waals surface area contributed by atoms with E-state index in [0.29, 0.717) is 23.2 Å². The molecule has 224 valence electrons. The number of aliphatic imine (C=N–C) groups is 1. The number of aromatic hydroxyl groups is 1. The van der Waals surface area contributed by atoms with E-state index in [4.69, 9.17) is 14.7 Å². The Bertz CT molecular complexity index is 1710. The highest BCUT2D eigenvalue weighted by Gasteiger charge is 2.43. The third-order valence-electron chi connectivity index (χ3n) is 9.23. The standard InChI is InChI=1S/C38H45N3O2/c1-23-17-27(20-29(18-23)43-33-15-14-26-19-28(37(4,5)6)21-32(42)34(26)40-33)36-39-30-13-10-16-38(7,8)22-31(30)41(36)35-24(2)11-9-12-25(35)3/h9,11-12,14-15,17-21,30-31,42H,10,13,16,22H2,1-8H3/t30-,31-/m0/s1. The van der Waals surface area contributed by atoms with Crippen LogP contribution in [-0.4, -0.2) is 28.0 Å². The van der Waals surface area contributed by atoms with Gasteiger partial charge >= 0.3 is 0 Å². The van der Waals surface area contributed by atoms with Gasteiger partial charge in [0.15, 0.2) is 0 Å². The topological polar surface area (TPSA) is 58.0 Å². The highest BCUT2D eigenvalue weighted by Crippen LogP contribution is 2.44. The molecule has 0 saturated heterocycles. The van der Waals surface area contributed by atoms with Crippen LogP contribution in [0, 0.1) is 26.2 Å². The third-order valence-corrected chi connectivity index (χ3v) is 9.23. The van der Waals surface area contributed by atoms with Crippen molar-refractivity contribution in [3.05, 3.63) is 88.5 Å². The smallest absolute Gasteiger partial charge is 0.219 e. The molecule has 2 heterocycles. The summed E-state index contributed by atoms with van der Waals surface area (Å²) < 4.78 is 6.38. The van der Waals surface area contributed by atoms with Crippen LogP contribution in [-0.2, 0) is 5.41 Å². The van der Waals surface area contributed by atoms with Gasteiger partial charge in [0, 0.05) is 22.7 Å². The molecular weight excluding hydrogens is 530 g/mol. The number of ether oxygens (including phenoxy) is 1. The van der Waals surface area contributed by atoms with Crippen molar-refractivity contribution >= 4 is 22.4 Å². The minimum absolute atomic E-state index is 0.0706. The molecule has 0 spiro atoms. The van der Waals surface area contributed by atoms with Crippen molar-refractivity contribution in [1.29, 1.82) is 0 Å². The third kappa shape index (κ3) is 5.74. The number of para-hydroxylation sites is 1. The summed E-state index contributed by atoms with van der Waals surface area (Å²) >= 11 is 0. The lowest BCUT2D eigenvalue weighted by Crippen LogP contribution is -2.42. The van der Waals surface area contributed by atoms with E-state index >= 15 is 0 Å². The van der Waals surface area contributed by atoms with Gasteiger partial charge in [0.25, 0.3) is 0 Å². The van der Waals surface area contributed by atoms with E-state index in [1.54, 1.807) is 0 Å². The van der Waals surface area contributed by atoms with Gasteiger partial charge in [0.05, 0.1) is 12.1 Å². The molecule has 6 rings (SSSR count). The molecule has 3 aromatic carbocycles. The highest BCUT2D eigenvalue weighted by atomic mass is 16.5. The van der Waals surface area contributed by atoms with Gasteiger partial charge in [-0.05, 0) is 110 Å². The Balaban J connectivity index is 1.39. The minimum Gasteiger partial charge on any atom is -0.506 e. The summed E-state index contributed by atoms with van der Waals surface area (Å²) in [5.74, 6) is 2.36. The molecule has 0 bridgehead atoms. The van der Waals surface area contributed by atoms with Gasteiger partial charge in [-0.15, -0.1) is 0 Å². The normalized spacial score (nSPS) is 20.1. The van der Waals surface area contributed by atoms with Gasteiger partial charge in [-0.2, -0.15) is 0 Å². The van der Waals surface area contributed by atoms with Crippen molar-refractivity contribution < 1.29 is 9.84 Å². The van der Waals surface area contributed by atoms with Crippen molar-refractivity contribution in [1.82, 2.24) is 4.98 Å². The molecule has 2 atom stereocenters. The Hall–Kier alpha value is -3.86. The summed E-state index contributed by atoms with van der Waals surface area (Å²) in [5, 5.41) is 11.7. The van der Waals surface area contributed by atoms with E-state index in [-0.39, 0.29) is 22.6 Å². The molecule has 5 heteroatoms. The molecule has 0 amide bonds. The summed E-state index contributed by atoms with van der Waals surface area (Å²) in [4.78, 5) is 12.7. The zero-order chi connectivity index (χ0) is 30.7. The Kier molecular flexibility index (Phi) is 7.27. The van der Waals surface area contributed by atoms with Gasteiger partial charge < -0.3 is 14.7 Å². The van der Waals surface area contributed by atoms with Gasteiger partial charge in [-0.1, -0.05) is 59.2 Å². The summed E-state index contributed by atoms with van der Waals surface area (Å²) in [5.41, 5.74) is 7.79.